The molecule has 0 radical (unpaired) electrons. The Kier molecular flexibility index (Phi) is 7.22. The van der Waals surface area contributed by atoms with Crippen molar-refractivity contribution < 1.29 is 19.4 Å². The molecule has 2 aromatic carbocycles. The summed E-state index contributed by atoms with van der Waals surface area (Å²) in [6.07, 6.45) is 0.890. The number of carbonyl (C=O) groups excluding carboxylic acids is 2. The van der Waals surface area contributed by atoms with E-state index in [2.05, 4.69) is 10.2 Å². The predicted octanol–water partition coefficient (Wildman–Crippen LogP) is 5.70. The number of ether oxygens (including phenoxy) is 1. The van der Waals surface area contributed by atoms with Crippen LogP contribution >= 0.6 is 0 Å². The second kappa shape index (κ2) is 10.2. The van der Waals surface area contributed by atoms with Crippen LogP contribution in [0.15, 0.2) is 66.7 Å². The molecule has 0 spiro atoms. The Balaban J connectivity index is 1.50. The van der Waals surface area contributed by atoms with Gasteiger partial charge in [0, 0.05) is 31.4 Å². The highest BCUT2D eigenvalue weighted by Crippen LogP contribution is 2.42. The predicted molar refractivity (Wildman–Crippen MR) is 137 cm³/mol. The van der Waals surface area contributed by atoms with E-state index < -0.39 is 17.3 Å². The second-order valence-corrected chi connectivity index (χ2v) is 10.0. The molecule has 1 amide bonds. The number of aromatic nitrogens is 2. The molecule has 1 aliphatic heterocycles. The van der Waals surface area contributed by atoms with E-state index in [0.29, 0.717) is 37.2 Å². The van der Waals surface area contributed by atoms with Gasteiger partial charge in [0.05, 0.1) is 17.3 Å². The maximum Gasteiger partial charge on any atom is 0.411 e. The average molecular weight is 488 g/mol. The summed E-state index contributed by atoms with van der Waals surface area (Å²) in [4.78, 5) is 26.8. The number of Topliss-reactive ketones (excluding diaryl/α,β-unsaturated/α-hetero) is 1. The summed E-state index contributed by atoms with van der Waals surface area (Å²) < 4.78 is 6.11. The summed E-state index contributed by atoms with van der Waals surface area (Å²) in [5.74, 6) is -0.0366. The van der Waals surface area contributed by atoms with E-state index in [1.165, 1.54) is 0 Å². The van der Waals surface area contributed by atoms with Gasteiger partial charge in [-0.15, -0.1) is 10.2 Å². The first kappa shape index (κ1) is 25.5. The van der Waals surface area contributed by atoms with Gasteiger partial charge in [-0.1, -0.05) is 61.5 Å². The molecule has 0 aliphatic carbocycles. The molecule has 0 unspecified atom stereocenters. The Morgan fingerprint density at radius 1 is 1.08 bits per heavy atom. The van der Waals surface area contributed by atoms with Gasteiger partial charge in [0.25, 0.3) is 0 Å². The smallest absolute Gasteiger partial charge is 0.411 e. The summed E-state index contributed by atoms with van der Waals surface area (Å²) in [6.45, 7) is 7.76. The third kappa shape index (κ3) is 5.46. The van der Waals surface area contributed by atoms with Gasteiger partial charge in [0.15, 0.2) is 5.78 Å². The van der Waals surface area contributed by atoms with E-state index in [-0.39, 0.29) is 11.8 Å². The Bertz CT molecular complexity index is 1200. The monoisotopic (exact) mass is 487 g/mol. The van der Waals surface area contributed by atoms with Crippen molar-refractivity contribution in [2.24, 2.45) is 0 Å². The van der Waals surface area contributed by atoms with E-state index in [9.17, 15) is 14.7 Å². The van der Waals surface area contributed by atoms with Crippen molar-refractivity contribution in [1.29, 1.82) is 0 Å². The molecule has 2 heterocycles. The first-order valence-electron chi connectivity index (χ1n) is 12.4. The topological polar surface area (TPSA) is 92.6 Å². The Labute approximate surface area is 212 Å². The van der Waals surface area contributed by atoms with E-state index in [1.807, 2.05) is 61.5 Å². The highest BCUT2D eigenvalue weighted by atomic mass is 16.6. The van der Waals surface area contributed by atoms with Crippen molar-refractivity contribution in [2.45, 2.75) is 64.2 Å². The van der Waals surface area contributed by atoms with E-state index >= 15 is 0 Å². The molecule has 7 heteroatoms. The number of benzene rings is 2. The number of rotatable bonds is 8. The molecule has 1 aliphatic rings. The maximum absolute atomic E-state index is 13.3. The van der Waals surface area contributed by atoms with E-state index in [1.54, 1.807) is 37.8 Å². The molecule has 2 atom stereocenters. The van der Waals surface area contributed by atoms with Gasteiger partial charge in [-0.3, -0.25) is 4.79 Å². The van der Waals surface area contributed by atoms with Crippen molar-refractivity contribution in [3.63, 3.8) is 0 Å². The van der Waals surface area contributed by atoms with Crippen LogP contribution in [0.3, 0.4) is 0 Å². The molecule has 36 heavy (non-hydrogen) atoms. The van der Waals surface area contributed by atoms with Crippen LogP contribution in [0.1, 0.15) is 74.6 Å². The number of amides is 1. The SMILES string of the molecule is CCC(=O)c1ccc(-c2ccc([C@H](C)N3CC[C@](CC(C)(C)O)(c4ccccc4)OC3=O)cc2)nn1. The fourth-order valence-electron chi connectivity index (χ4n) is 4.82. The van der Waals surface area contributed by atoms with Gasteiger partial charge in [-0.05, 0) is 44.0 Å². The van der Waals surface area contributed by atoms with Crippen LogP contribution in [-0.2, 0) is 10.3 Å². The quantitative estimate of drug-likeness (QED) is 0.410. The zero-order chi connectivity index (χ0) is 25.9. The highest BCUT2D eigenvalue weighted by Gasteiger charge is 2.46. The van der Waals surface area contributed by atoms with Gasteiger partial charge in [-0.2, -0.15) is 0 Å². The summed E-state index contributed by atoms with van der Waals surface area (Å²) in [5.41, 5.74) is 1.92. The first-order chi connectivity index (χ1) is 17.1. The zero-order valence-electron chi connectivity index (χ0n) is 21.3. The van der Waals surface area contributed by atoms with Crippen LogP contribution < -0.4 is 0 Å². The molecule has 1 aromatic heterocycles. The zero-order valence-corrected chi connectivity index (χ0v) is 21.3. The summed E-state index contributed by atoms with van der Waals surface area (Å²) in [6, 6.07) is 20.8. The Morgan fingerprint density at radius 3 is 2.33 bits per heavy atom. The van der Waals surface area contributed by atoms with Crippen LogP contribution in [0.4, 0.5) is 4.79 Å². The number of hydrogen-bond acceptors (Lipinski definition) is 6. The van der Waals surface area contributed by atoms with Gasteiger partial charge in [0.1, 0.15) is 11.3 Å². The standard InChI is InChI=1S/C29H33N3O4/c1-5-26(33)25-16-15-24(30-31-25)22-13-11-21(12-14-22)20(2)32-18-17-29(36-27(32)34,19-28(3,4)35)23-9-7-6-8-10-23/h6-16,20,35H,5,17-19H2,1-4H3/t20-,29-/m0/s1. The number of aliphatic hydroxyl groups is 1. The highest BCUT2D eigenvalue weighted by molar-refractivity contribution is 5.93. The fourth-order valence-corrected chi connectivity index (χ4v) is 4.82. The van der Waals surface area contributed by atoms with Crippen molar-refractivity contribution in [1.82, 2.24) is 15.1 Å². The Morgan fingerprint density at radius 2 is 1.78 bits per heavy atom. The van der Waals surface area contributed by atoms with Crippen molar-refractivity contribution in [3.8, 4) is 11.3 Å². The molecular weight excluding hydrogens is 454 g/mol. The largest absolute Gasteiger partial charge is 0.438 e. The molecule has 1 saturated heterocycles. The lowest BCUT2D eigenvalue weighted by molar-refractivity contribution is -0.101. The van der Waals surface area contributed by atoms with Crippen molar-refractivity contribution in [3.05, 3.63) is 83.6 Å². The van der Waals surface area contributed by atoms with Crippen LogP contribution in [0.25, 0.3) is 11.3 Å². The van der Waals surface area contributed by atoms with Crippen LogP contribution in [0.2, 0.25) is 0 Å². The third-order valence-electron chi connectivity index (χ3n) is 6.72. The molecule has 1 N–H and O–H groups in total. The number of ketones is 1. The normalized spacial score (nSPS) is 19.0. The molecular formula is C29H33N3O4. The second-order valence-electron chi connectivity index (χ2n) is 10.0. The Hall–Kier alpha value is -3.58. The summed E-state index contributed by atoms with van der Waals surface area (Å²) >= 11 is 0. The minimum absolute atomic E-state index is 0.0366. The number of cyclic esters (lactones) is 1. The van der Waals surface area contributed by atoms with Gasteiger partial charge < -0.3 is 14.7 Å². The lowest BCUT2D eigenvalue weighted by Crippen LogP contribution is -2.51. The lowest BCUT2D eigenvalue weighted by Gasteiger charge is -2.45. The number of hydrogen-bond donors (Lipinski definition) is 1. The molecule has 7 nitrogen and oxygen atoms in total. The minimum atomic E-state index is -0.995. The van der Waals surface area contributed by atoms with Crippen LogP contribution in [-0.4, -0.2) is 44.2 Å². The molecule has 188 valence electrons. The number of nitrogens with zero attached hydrogens (tertiary/aromatic N) is 3. The molecule has 3 aromatic rings. The van der Waals surface area contributed by atoms with E-state index in [0.717, 1.165) is 16.7 Å². The minimum Gasteiger partial charge on any atom is -0.438 e. The summed E-state index contributed by atoms with van der Waals surface area (Å²) in [5, 5.41) is 18.8. The van der Waals surface area contributed by atoms with Gasteiger partial charge in [0.2, 0.25) is 0 Å². The summed E-state index contributed by atoms with van der Waals surface area (Å²) in [7, 11) is 0. The molecule has 1 fully saturated rings. The number of carbonyl (C=O) groups is 2. The first-order valence-corrected chi connectivity index (χ1v) is 12.4. The lowest BCUT2D eigenvalue weighted by atomic mass is 9.80. The van der Waals surface area contributed by atoms with Crippen LogP contribution in [0.5, 0.6) is 0 Å². The van der Waals surface area contributed by atoms with Crippen molar-refractivity contribution >= 4 is 11.9 Å². The van der Waals surface area contributed by atoms with Gasteiger partial charge in [-0.25, -0.2) is 4.79 Å². The van der Waals surface area contributed by atoms with Gasteiger partial charge >= 0.3 is 6.09 Å². The molecule has 0 bridgehead atoms. The van der Waals surface area contributed by atoms with Crippen molar-refractivity contribution in [2.75, 3.05) is 6.54 Å². The van der Waals surface area contributed by atoms with E-state index in [4.69, 9.17) is 4.74 Å². The molecule has 0 saturated carbocycles. The van der Waals surface area contributed by atoms with Crippen LogP contribution in [0, 0.1) is 0 Å². The maximum atomic E-state index is 13.3. The molecule has 4 rings (SSSR count). The third-order valence-corrected chi connectivity index (χ3v) is 6.72. The average Bonchev–Trinajstić information content (AvgIpc) is 2.88. The fraction of sp³-hybridized carbons (Fsp3) is 0.379.